The summed E-state index contributed by atoms with van der Waals surface area (Å²) in [6.45, 7) is 4.04. The Morgan fingerprint density at radius 1 is 1.28 bits per heavy atom. The van der Waals surface area contributed by atoms with Crippen LogP contribution in [0.2, 0.25) is 0 Å². The van der Waals surface area contributed by atoms with Gasteiger partial charge < -0.3 is 15.2 Å². The van der Waals surface area contributed by atoms with E-state index in [4.69, 9.17) is 15.2 Å². The second kappa shape index (κ2) is 6.48. The van der Waals surface area contributed by atoms with Gasteiger partial charge in [0.05, 0.1) is 13.0 Å². The molecule has 2 N–H and O–H groups in total. The molecule has 6 heteroatoms. The van der Waals surface area contributed by atoms with E-state index in [-0.39, 0.29) is 22.7 Å². The fraction of sp³-hybridized carbons (Fsp3) is 0.368. The normalized spacial score (nSPS) is 22.4. The number of ketones is 1. The summed E-state index contributed by atoms with van der Waals surface area (Å²) in [6.07, 6.45) is 1.01. The zero-order valence-electron chi connectivity index (χ0n) is 14.4. The molecule has 3 rings (SSSR count). The number of benzene rings is 1. The van der Waals surface area contributed by atoms with Gasteiger partial charge in [-0.25, -0.2) is 4.79 Å². The number of ether oxygens (including phenoxy) is 2. The summed E-state index contributed by atoms with van der Waals surface area (Å²) in [5.41, 5.74) is 7.40. The van der Waals surface area contributed by atoms with E-state index in [2.05, 4.69) is 22.6 Å². The number of halogens is 1. The maximum Gasteiger partial charge on any atom is 0.340 e. The van der Waals surface area contributed by atoms with E-state index in [1.807, 2.05) is 38.1 Å². The molecule has 1 aliphatic heterocycles. The Kier molecular flexibility index (Phi) is 4.66. The monoisotopic (exact) mass is 453 g/mol. The molecule has 0 saturated heterocycles. The van der Waals surface area contributed by atoms with Gasteiger partial charge in [0.25, 0.3) is 0 Å². The minimum atomic E-state index is -0.578. The lowest BCUT2D eigenvalue weighted by molar-refractivity contribution is -0.136. The first kappa shape index (κ1) is 18.0. The Morgan fingerprint density at radius 2 is 1.92 bits per heavy atom. The molecule has 132 valence electrons. The summed E-state index contributed by atoms with van der Waals surface area (Å²) < 4.78 is 11.7. The SMILES string of the molecule is COC(=O)C1=C(N)OC2=C(C(=O)CC(C)(C)C2)[C@H]1c1ccc(I)cc1. The highest BCUT2D eigenvalue weighted by molar-refractivity contribution is 14.1. The van der Waals surface area contributed by atoms with Crippen molar-refractivity contribution in [1.29, 1.82) is 0 Å². The zero-order chi connectivity index (χ0) is 18.4. The van der Waals surface area contributed by atoms with Crippen LogP contribution in [0.3, 0.4) is 0 Å². The molecule has 0 bridgehead atoms. The largest absolute Gasteiger partial charge is 0.465 e. The van der Waals surface area contributed by atoms with Gasteiger partial charge in [-0.1, -0.05) is 26.0 Å². The fourth-order valence-corrected chi connectivity index (χ4v) is 3.84. The molecule has 0 unspecified atom stereocenters. The van der Waals surface area contributed by atoms with Crippen molar-refractivity contribution in [2.45, 2.75) is 32.6 Å². The van der Waals surface area contributed by atoms with Crippen molar-refractivity contribution in [2.24, 2.45) is 11.1 Å². The lowest BCUT2D eigenvalue weighted by Gasteiger charge is -2.37. The van der Waals surface area contributed by atoms with E-state index < -0.39 is 11.9 Å². The van der Waals surface area contributed by atoms with Crippen molar-refractivity contribution in [3.8, 4) is 0 Å². The van der Waals surface area contributed by atoms with Crippen molar-refractivity contribution in [3.05, 3.63) is 56.2 Å². The second-order valence-corrected chi connectivity index (χ2v) is 8.38. The zero-order valence-corrected chi connectivity index (χ0v) is 16.5. The van der Waals surface area contributed by atoms with E-state index in [9.17, 15) is 9.59 Å². The van der Waals surface area contributed by atoms with Gasteiger partial charge in [0.2, 0.25) is 5.88 Å². The van der Waals surface area contributed by atoms with Crippen LogP contribution in [0.15, 0.2) is 47.1 Å². The summed E-state index contributed by atoms with van der Waals surface area (Å²) in [7, 11) is 1.29. The van der Waals surface area contributed by atoms with Crippen LogP contribution >= 0.6 is 22.6 Å². The number of carbonyl (C=O) groups excluding carboxylic acids is 2. The molecule has 1 heterocycles. The molecule has 0 spiro atoms. The third-order valence-corrected chi connectivity index (χ3v) is 5.28. The molecule has 2 aliphatic rings. The lowest BCUT2D eigenvalue weighted by atomic mass is 9.70. The van der Waals surface area contributed by atoms with Crippen molar-refractivity contribution < 1.29 is 19.1 Å². The van der Waals surface area contributed by atoms with Crippen LogP contribution in [-0.4, -0.2) is 18.9 Å². The number of allylic oxidation sites excluding steroid dienone is 2. The van der Waals surface area contributed by atoms with Crippen LogP contribution in [0.25, 0.3) is 0 Å². The third-order valence-electron chi connectivity index (χ3n) is 4.56. The van der Waals surface area contributed by atoms with Crippen molar-refractivity contribution in [3.63, 3.8) is 0 Å². The number of hydrogen-bond donors (Lipinski definition) is 1. The molecule has 0 radical (unpaired) electrons. The molecule has 5 nitrogen and oxygen atoms in total. The number of rotatable bonds is 2. The Labute approximate surface area is 160 Å². The molecule has 0 aromatic heterocycles. The molecule has 0 amide bonds. The van der Waals surface area contributed by atoms with Crippen LogP contribution in [0, 0.1) is 8.99 Å². The van der Waals surface area contributed by atoms with Gasteiger partial charge in [-0.05, 0) is 45.7 Å². The maximum atomic E-state index is 12.9. The van der Waals surface area contributed by atoms with Crippen molar-refractivity contribution >= 4 is 34.3 Å². The van der Waals surface area contributed by atoms with Gasteiger partial charge >= 0.3 is 5.97 Å². The summed E-state index contributed by atoms with van der Waals surface area (Å²) in [6, 6.07) is 7.69. The number of hydrogen-bond acceptors (Lipinski definition) is 5. The van der Waals surface area contributed by atoms with Gasteiger partial charge in [-0.2, -0.15) is 0 Å². The number of carbonyl (C=O) groups is 2. The first-order valence-corrected chi connectivity index (χ1v) is 9.09. The van der Waals surface area contributed by atoms with Crippen LogP contribution in [0.5, 0.6) is 0 Å². The van der Waals surface area contributed by atoms with Gasteiger partial charge in [0, 0.05) is 22.0 Å². The minimum absolute atomic E-state index is 0.0105. The first-order chi connectivity index (χ1) is 11.7. The van der Waals surface area contributed by atoms with E-state index in [1.54, 1.807) is 0 Å². The highest BCUT2D eigenvalue weighted by atomic mass is 127. The lowest BCUT2D eigenvalue weighted by Crippen LogP contribution is -2.35. The quantitative estimate of drug-likeness (QED) is 0.549. The maximum absolute atomic E-state index is 12.9. The Hall–Kier alpha value is -1.83. The third kappa shape index (κ3) is 3.31. The number of esters is 1. The van der Waals surface area contributed by atoms with Crippen LogP contribution in [-0.2, 0) is 19.1 Å². The average molecular weight is 453 g/mol. The van der Waals surface area contributed by atoms with Crippen molar-refractivity contribution in [1.82, 2.24) is 0 Å². The predicted octanol–water partition coefficient (Wildman–Crippen LogP) is 3.39. The summed E-state index contributed by atoms with van der Waals surface area (Å²) in [4.78, 5) is 25.3. The number of Topliss-reactive ketones (excluding diaryl/α,β-unsaturated/α-hetero) is 1. The average Bonchev–Trinajstić information content (AvgIpc) is 2.52. The van der Waals surface area contributed by atoms with E-state index in [0.29, 0.717) is 24.2 Å². The first-order valence-electron chi connectivity index (χ1n) is 8.01. The molecule has 1 aliphatic carbocycles. The second-order valence-electron chi connectivity index (χ2n) is 7.13. The van der Waals surface area contributed by atoms with Crippen molar-refractivity contribution in [2.75, 3.05) is 7.11 Å². The standard InChI is InChI=1S/C19H20INO4/c1-19(2)8-12(22)15-13(9-19)25-17(21)16(18(23)24-3)14(15)10-4-6-11(20)7-5-10/h4-7,14H,8-9,21H2,1-3H3/t14-/m1/s1. The molecule has 1 atom stereocenters. The molecule has 1 aromatic carbocycles. The molecular weight excluding hydrogens is 433 g/mol. The number of nitrogens with two attached hydrogens (primary N) is 1. The number of methoxy groups -OCH3 is 1. The van der Waals surface area contributed by atoms with Gasteiger partial charge in [0.1, 0.15) is 11.3 Å². The highest BCUT2D eigenvalue weighted by Crippen LogP contribution is 2.48. The molecular formula is C19H20INO4. The van der Waals surface area contributed by atoms with E-state index in [1.165, 1.54) is 7.11 Å². The Morgan fingerprint density at radius 3 is 2.52 bits per heavy atom. The summed E-state index contributed by atoms with van der Waals surface area (Å²) in [5.74, 6) is -0.569. The molecule has 0 fully saturated rings. The summed E-state index contributed by atoms with van der Waals surface area (Å²) >= 11 is 2.21. The Balaban J connectivity index is 2.19. The molecule has 1 aromatic rings. The van der Waals surface area contributed by atoms with Gasteiger partial charge in [-0.15, -0.1) is 0 Å². The van der Waals surface area contributed by atoms with Crippen LogP contribution in [0.4, 0.5) is 0 Å². The smallest absolute Gasteiger partial charge is 0.340 e. The fourth-order valence-electron chi connectivity index (χ4n) is 3.48. The highest BCUT2D eigenvalue weighted by Gasteiger charge is 2.44. The predicted molar refractivity (Wildman–Crippen MR) is 101 cm³/mol. The van der Waals surface area contributed by atoms with Gasteiger partial charge in [0.15, 0.2) is 5.78 Å². The van der Waals surface area contributed by atoms with Crippen LogP contribution in [0.1, 0.15) is 38.2 Å². The summed E-state index contributed by atoms with van der Waals surface area (Å²) in [5, 5.41) is 0. The molecule has 0 saturated carbocycles. The molecule has 25 heavy (non-hydrogen) atoms. The Bertz CT molecular complexity index is 805. The van der Waals surface area contributed by atoms with Gasteiger partial charge in [-0.3, -0.25) is 4.79 Å². The van der Waals surface area contributed by atoms with E-state index >= 15 is 0 Å². The minimum Gasteiger partial charge on any atom is -0.465 e. The topological polar surface area (TPSA) is 78.6 Å². The van der Waals surface area contributed by atoms with E-state index in [0.717, 1.165) is 9.13 Å². The van der Waals surface area contributed by atoms with Crippen LogP contribution < -0.4 is 5.73 Å².